The van der Waals surface area contributed by atoms with Crippen LogP contribution in [0.1, 0.15) is 15.9 Å². The second-order valence-corrected chi connectivity index (χ2v) is 4.67. The summed E-state index contributed by atoms with van der Waals surface area (Å²) in [5.74, 6) is -0.181. The van der Waals surface area contributed by atoms with Gasteiger partial charge in [-0.2, -0.15) is 0 Å². The van der Waals surface area contributed by atoms with Gasteiger partial charge in [0.05, 0.1) is 11.9 Å². The lowest BCUT2D eigenvalue weighted by molar-refractivity contribution is 0.102. The Morgan fingerprint density at radius 1 is 1.30 bits per heavy atom. The fraction of sp³-hybridized carbons (Fsp3) is 0.0667. The van der Waals surface area contributed by atoms with Crippen molar-refractivity contribution in [2.45, 2.75) is 6.92 Å². The number of aromatic nitrogens is 2. The number of anilines is 2. The van der Waals surface area contributed by atoms with Gasteiger partial charge >= 0.3 is 0 Å². The largest absolute Gasteiger partial charge is 0.399 e. The van der Waals surface area contributed by atoms with E-state index in [2.05, 4.69) is 15.3 Å². The molecule has 0 aliphatic rings. The molecule has 1 amide bonds. The molecule has 0 spiro atoms. The average Bonchev–Trinajstić information content (AvgIpc) is 2.81. The van der Waals surface area contributed by atoms with E-state index in [0.29, 0.717) is 16.9 Å². The van der Waals surface area contributed by atoms with Gasteiger partial charge in [-0.05, 0) is 42.8 Å². The van der Waals surface area contributed by atoms with E-state index in [1.54, 1.807) is 30.5 Å². The summed E-state index contributed by atoms with van der Waals surface area (Å²) in [7, 11) is 0. The van der Waals surface area contributed by atoms with Crippen LogP contribution in [0.5, 0.6) is 0 Å². The molecule has 20 heavy (non-hydrogen) atoms. The molecule has 2 heterocycles. The van der Waals surface area contributed by atoms with Crippen LogP contribution in [0.2, 0.25) is 0 Å². The lowest BCUT2D eigenvalue weighted by Gasteiger charge is -2.05. The fourth-order valence-electron chi connectivity index (χ4n) is 2.04. The first-order valence-corrected chi connectivity index (χ1v) is 6.24. The SMILES string of the molecule is Cc1c[nH]c2ncc(NC(=O)c3ccc(N)cc3)cc12. The third-order valence-electron chi connectivity index (χ3n) is 3.17. The van der Waals surface area contributed by atoms with Gasteiger partial charge in [-0.3, -0.25) is 4.79 Å². The number of nitrogens with two attached hydrogens (primary N) is 1. The number of benzene rings is 1. The van der Waals surface area contributed by atoms with E-state index in [4.69, 9.17) is 5.73 Å². The van der Waals surface area contributed by atoms with Crippen molar-refractivity contribution in [3.05, 3.63) is 53.9 Å². The summed E-state index contributed by atoms with van der Waals surface area (Å²) in [6.45, 7) is 1.99. The Bertz CT molecular complexity index is 774. The molecule has 0 aliphatic heterocycles. The zero-order valence-electron chi connectivity index (χ0n) is 11.0. The number of rotatable bonds is 2. The number of carbonyl (C=O) groups is 1. The maximum Gasteiger partial charge on any atom is 0.255 e. The molecular formula is C15H14N4O. The normalized spacial score (nSPS) is 10.7. The van der Waals surface area contributed by atoms with E-state index in [-0.39, 0.29) is 5.91 Å². The first-order chi connectivity index (χ1) is 9.63. The summed E-state index contributed by atoms with van der Waals surface area (Å²) in [6, 6.07) is 8.69. The van der Waals surface area contributed by atoms with Crippen LogP contribution in [0.4, 0.5) is 11.4 Å². The lowest BCUT2D eigenvalue weighted by Crippen LogP contribution is -2.12. The van der Waals surface area contributed by atoms with Crippen molar-refractivity contribution in [2.75, 3.05) is 11.1 Å². The number of H-pyrrole nitrogens is 1. The zero-order valence-corrected chi connectivity index (χ0v) is 11.0. The molecule has 4 N–H and O–H groups in total. The number of carbonyl (C=O) groups excluding carboxylic acids is 1. The van der Waals surface area contributed by atoms with Crippen molar-refractivity contribution in [3.63, 3.8) is 0 Å². The fourth-order valence-corrected chi connectivity index (χ4v) is 2.04. The summed E-state index contributed by atoms with van der Waals surface area (Å²) < 4.78 is 0. The number of pyridine rings is 1. The van der Waals surface area contributed by atoms with E-state index >= 15 is 0 Å². The maximum absolute atomic E-state index is 12.1. The number of aryl methyl sites for hydroxylation is 1. The third-order valence-corrected chi connectivity index (χ3v) is 3.17. The highest BCUT2D eigenvalue weighted by atomic mass is 16.1. The third kappa shape index (κ3) is 2.21. The van der Waals surface area contributed by atoms with Crippen LogP contribution >= 0.6 is 0 Å². The predicted octanol–water partition coefficient (Wildman–Crippen LogP) is 2.71. The molecular weight excluding hydrogens is 252 g/mol. The van der Waals surface area contributed by atoms with Crippen LogP contribution < -0.4 is 11.1 Å². The molecule has 0 unspecified atom stereocenters. The highest BCUT2D eigenvalue weighted by Crippen LogP contribution is 2.19. The second-order valence-electron chi connectivity index (χ2n) is 4.67. The molecule has 0 atom stereocenters. The van der Waals surface area contributed by atoms with E-state index in [9.17, 15) is 4.79 Å². The Morgan fingerprint density at radius 2 is 2.05 bits per heavy atom. The zero-order chi connectivity index (χ0) is 14.1. The summed E-state index contributed by atoms with van der Waals surface area (Å²) in [5.41, 5.74) is 9.37. The van der Waals surface area contributed by atoms with E-state index in [1.165, 1.54) is 0 Å². The van der Waals surface area contributed by atoms with Crippen LogP contribution in [0.15, 0.2) is 42.7 Å². The lowest BCUT2D eigenvalue weighted by atomic mass is 10.2. The number of hydrogen-bond acceptors (Lipinski definition) is 3. The molecule has 5 nitrogen and oxygen atoms in total. The molecule has 1 aromatic carbocycles. The smallest absolute Gasteiger partial charge is 0.255 e. The van der Waals surface area contributed by atoms with Crippen molar-refractivity contribution < 1.29 is 4.79 Å². The number of nitrogens with zero attached hydrogens (tertiary/aromatic N) is 1. The molecule has 3 aromatic rings. The van der Waals surface area contributed by atoms with Crippen molar-refractivity contribution in [3.8, 4) is 0 Å². The van der Waals surface area contributed by atoms with Gasteiger partial charge in [-0.25, -0.2) is 4.98 Å². The van der Waals surface area contributed by atoms with Gasteiger partial charge in [-0.15, -0.1) is 0 Å². The van der Waals surface area contributed by atoms with Gasteiger partial charge < -0.3 is 16.0 Å². The number of nitrogens with one attached hydrogen (secondary N) is 2. The van der Waals surface area contributed by atoms with Gasteiger partial charge in [0.1, 0.15) is 5.65 Å². The molecule has 0 bridgehead atoms. The van der Waals surface area contributed by atoms with Gasteiger partial charge in [0, 0.05) is 22.8 Å². The molecule has 3 rings (SSSR count). The van der Waals surface area contributed by atoms with Crippen molar-refractivity contribution in [1.82, 2.24) is 9.97 Å². The van der Waals surface area contributed by atoms with Gasteiger partial charge in [0.15, 0.2) is 0 Å². The highest BCUT2D eigenvalue weighted by molar-refractivity contribution is 6.05. The Morgan fingerprint density at radius 3 is 2.80 bits per heavy atom. The topological polar surface area (TPSA) is 83.8 Å². The number of amides is 1. The first kappa shape index (κ1) is 12.2. The maximum atomic E-state index is 12.1. The highest BCUT2D eigenvalue weighted by Gasteiger charge is 2.08. The number of aromatic amines is 1. The van der Waals surface area contributed by atoms with Crippen LogP contribution in [0, 0.1) is 6.92 Å². The van der Waals surface area contributed by atoms with Crippen LogP contribution in [-0.4, -0.2) is 15.9 Å². The van der Waals surface area contributed by atoms with Gasteiger partial charge in [0.25, 0.3) is 5.91 Å². The summed E-state index contributed by atoms with van der Waals surface area (Å²) in [6.07, 6.45) is 3.52. The molecule has 0 saturated carbocycles. The molecule has 0 fully saturated rings. The minimum atomic E-state index is -0.181. The summed E-state index contributed by atoms with van der Waals surface area (Å²) >= 11 is 0. The van der Waals surface area contributed by atoms with Crippen molar-refractivity contribution >= 4 is 28.3 Å². The van der Waals surface area contributed by atoms with E-state index in [0.717, 1.165) is 16.6 Å². The molecule has 0 saturated heterocycles. The quantitative estimate of drug-likeness (QED) is 0.623. The molecule has 2 aromatic heterocycles. The van der Waals surface area contributed by atoms with Crippen molar-refractivity contribution in [2.24, 2.45) is 0 Å². The average molecular weight is 266 g/mol. The molecule has 5 heteroatoms. The second kappa shape index (κ2) is 4.70. The Labute approximate surface area is 115 Å². The standard InChI is InChI=1S/C15H14N4O/c1-9-7-17-14-13(9)6-12(8-18-14)19-15(20)10-2-4-11(16)5-3-10/h2-8H,16H2,1H3,(H,17,18)(H,19,20). The Hall–Kier alpha value is -2.82. The van der Waals surface area contributed by atoms with Crippen LogP contribution in [0.25, 0.3) is 11.0 Å². The van der Waals surface area contributed by atoms with Crippen LogP contribution in [0.3, 0.4) is 0 Å². The minimum absolute atomic E-state index is 0.181. The van der Waals surface area contributed by atoms with E-state index < -0.39 is 0 Å². The predicted molar refractivity (Wildman–Crippen MR) is 79.6 cm³/mol. The van der Waals surface area contributed by atoms with Crippen molar-refractivity contribution in [1.29, 1.82) is 0 Å². The number of hydrogen-bond donors (Lipinski definition) is 3. The summed E-state index contributed by atoms with van der Waals surface area (Å²) in [5, 5.41) is 3.83. The Balaban J connectivity index is 1.86. The number of fused-ring (bicyclic) bond motifs is 1. The molecule has 100 valence electrons. The van der Waals surface area contributed by atoms with Gasteiger partial charge in [-0.1, -0.05) is 0 Å². The van der Waals surface area contributed by atoms with Crippen LogP contribution in [-0.2, 0) is 0 Å². The Kier molecular flexibility index (Phi) is 2.87. The van der Waals surface area contributed by atoms with E-state index in [1.807, 2.05) is 19.2 Å². The summed E-state index contributed by atoms with van der Waals surface area (Å²) in [4.78, 5) is 19.4. The molecule has 0 radical (unpaired) electrons. The first-order valence-electron chi connectivity index (χ1n) is 6.24. The minimum Gasteiger partial charge on any atom is -0.399 e. The molecule has 0 aliphatic carbocycles. The number of nitrogen functional groups attached to an aromatic ring is 1. The monoisotopic (exact) mass is 266 g/mol. The van der Waals surface area contributed by atoms with Gasteiger partial charge in [0.2, 0.25) is 0 Å².